The minimum Gasteiger partial charge on any atom is -0.348 e. The molecule has 1 atom stereocenters. The number of halogens is 1. The maximum atomic E-state index is 12.3. The van der Waals surface area contributed by atoms with Crippen molar-refractivity contribution in [2.45, 2.75) is 10.8 Å². The quantitative estimate of drug-likeness (QED) is 0.757. The molecule has 0 bridgehead atoms. The largest absolute Gasteiger partial charge is 0.348 e. The molecule has 1 aliphatic rings. The summed E-state index contributed by atoms with van der Waals surface area (Å²) in [7, 11) is -3.97. The van der Waals surface area contributed by atoms with E-state index in [1.54, 1.807) is 42.5 Å². The number of para-hydroxylation sites is 1. The average molecular weight is 392 g/mol. The van der Waals surface area contributed by atoms with E-state index in [-0.39, 0.29) is 23.0 Å². The van der Waals surface area contributed by atoms with E-state index >= 15 is 0 Å². The van der Waals surface area contributed by atoms with Gasteiger partial charge in [-0.05, 0) is 29.3 Å². The van der Waals surface area contributed by atoms with Crippen LogP contribution in [0.4, 0.5) is 5.69 Å². The van der Waals surface area contributed by atoms with E-state index in [2.05, 4.69) is 15.0 Å². The van der Waals surface area contributed by atoms with E-state index in [1.807, 2.05) is 0 Å². The fraction of sp³-hybridized carbons (Fsp3) is 0.118. The third-order valence-corrected chi connectivity index (χ3v) is 5.39. The molecule has 1 amide bonds. The smallest absolute Gasteiger partial charge is 0.287 e. The summed E-state index contributed by atoms with van der Waals surface area (Å²) < 4.78 is 27.8. The molecule has 0 aromatic heterocycles. The van der Waals surface area contributed by atoms with Crippen molar-refractivity contribution in [3.05, 3.63) is 60.2 Å². The van der Waals surface area contributed by atoms with Gasteiger partial charge in [-0.3, -0.25) is 9.59 Å². The average Bonchev–Trinajstić information content (AvgIpc) is 2.62. The van der Waals surface area contributed by atoms with Crippen molar-refractivity contribution in [2.24, 2.45) is 4.40 Å². The summed E-state index contributed by atoms with van der Waals surface area (Å²) in [4.78, 5) is 24.0. The van der Waals surface area contributed by atoms with Gasteiger partial charge in [0, 0.05) is 6.54 Å². The van der Waals surface area contributed by atoms with Crippen LogP contribution in [-0.4, -0.2) is 31.9 Å². The van der Waals surface area contributed by atoms with Crippen LogP contribution in [0.2, 0.25) is 0 Å². The van der Waals surface area contributed by atoms with Crippen molar-refractivity contribution in [1.29, 1.82) is 0 Å². The minimum atomic E-state index is -3.97. The third kappa shape index (κ3) is 3.76. The molecule has 2 aromatic carbocycles. The lowest BCUT2D eigenvalue weighted by Crippen LogP contribution is -2.40. The second kappa shape index (κ2) is 7.27. The van der Waals surface area contributed by atoms with Crippen molar-refractivity contribution in [2.75, 3.05) is 11.9 Å². The lowest BCUT2D eigenvalue weighted by atomic mass is 10.0. The number of carbonyl (C=O) groups excluding carboxylic acids is 2. The normalized spacial score (nSPS) is 15.8. The number of sulfonamides is 1. The Balaban J connectivity index is 1.77. The molecule has 26 heavy (non-hydrogen) atoms. The van der Waals surface area contributed by atoms with Crippen molar-refractivity contribution >= 4 is 44.3 Å². The molecule has 134 valence electrons. The first-order valence-corrected chi connectivity index (χ1v) is 9.44. The van der Waals surface area contributed by atoms with Gasteiger partial charge in [0.2, 0.25) is 11.1 Å². The van der Waals surface area contributed by atoms with Crippen LogP contribution in [0.1, 0.15) is 11.5 Å². The molecule has 0 radical (unpaired) electrons. The van der Waals surface area contributed by atoms with Gasteiger partial charge in [0.15, 0.2) is 0 Å². The summed E-state index contributed by atoms with van der Waals surface area (Å²) in [5.41, 5.74) is 0.907. The molecule has 7 nitrogen and oxygen atoms in total. The Morgan fingerprint density at radius 1 is 1.08 bits per heavy atom. The van der Waals surface area contributed by atoms with Gasteiger partial charge >= 0.3 is 0 Å². The number of benzene rings is 2. The topological polar surface area (TPSA) is 105 Å². The van der Waals surface area contributed by atoms with Gasteiger partial charge in [0.25, 0.3) is 15.9 Å². The molecule has 0 saturated heterocycles. The Kier molecular flexibility index (Phi) is 5.06. The number of nitrogens with one attached hydrogen (secondary N) is 2. The monoisotopic (exact) mass is 391 g/mol. The van der Waals surface area contributed by atoms with Crippen LogP contribution in [0.5, 0.6) is 0 Å². The lowest BCUT2D eigenvalue weighted by molar-refractivity contribution is -0.115. The van der Waals surface area contributed by atoms with E-state index in [1.165, 1.54) is 12.1 Å². The van der Waals surface area contributed by atoms with Crippen LogP contribution in [0.25, 0.3) is 0 Å². The van der Waals surface area contributed by atoms with Crippen molar-refractivity contribution in [3.63, 3.8) is 0 Å². The first kappa shape index (κ1) is 18.1. The predicted octanol–water partition coefficient (Wildman–Crippen LogP) is 1.86. The summed E-state index contributed by atoms with van der Waals surface area (Å²) in [6.07, 6.45) is 0. The molecule has 0 fully saturated rings. The molecule has 9 heteroatoms. The van der Waals surface area contributed by atoms with E-state index in [9.17, 15) is 18.0 Å². The Labute approximate surface area is 155 Å². The van der Waals surface area contributed by atoms with Crippen molar-refractivity contribution < 1.29 is 18.0 Å². The zero-order valence-electron chi connectivity index (χ0n) is 13.3. The minimum absolute atomic E-state index is 0.00496. The third-order valence-electron chi connectivity index (χ3n) is 3.79. The molecule has 0 spiro atoms. The summed E-state index contributed by atoms with van der Waals surface area (Å²) in [6, 6.07) is 14.9. The van der Waals surface area contributed by atoms with Crippen molar-refractivity contribution in [3.8, 4) is 0 Å². The highest BCUT2D eigenvalue weighted by molar-refractivity contribution is 7.90. The fourth-order valence-corrected chi connectivity index (χ4v) is 3.82. The molecular weight excluding hydrogens is 378 g/mol. The second-order valence-electron chi connectivity index (χ2n) is 5.51. The number of anilines is 1. The zero-order chi connectivity index (χ0) is 18.7. The summed E-state index contributed by atoms with van der Waals surface area (Å²) in [5.74, 6) is -1.87. The highest BCUT2D eigenvalue weighted by atomic mass is 35.5. The second-order valence-corrected chi connectivity index (χ2v) is 7.46. The van der Waals surface area contributed by atoms with Crippen molar-refractivity contribution in [1.82, 2.24) is 5.32 Å². The maximum Gasteiger partial charge on any atom is 0.287 e. The molecule has 1 aliphatic heterocycles. The summed E-state index contributed by atoms with van der Waals surface area (Å²) >= 11 is 5.63. The van der Waals surface area contributed by atoms with E-state index in [0.29, 0.717) is 5.56 Å². The summed E-state index contributed by atoms with van der Waals surface area (Å²) in [6.45, 7) is -0.0897. The van der Waals surface area contributed by atoms with Crippen LogP contribution in [0.3, 0.4) is 0 Å². The van der Waals surface area contributed by atoms with Gasteiger partial charge in [-0.15, -0.1) is 4.40 Å². The van der Waals surface area contributed by atoms with Crippen LogP contribution < -0.4 is 10.6 Å². The number of fused-ring (bicyclic) bond motifs is 1. The van der Waals surface area contributed by atoms with Gasteiger partial charge in [0.1, 0.15) is 4.90 Å². The Morgan fingerprint density at radius 2 is 1.73 bits per heavy atom. The van der Waals surface area contributed by atoms with E-state index in [4.69, 9.17) is 11.6 Å². The molecule has 0 saturated carbocycles. The lowest BCUT2D eigenvalue weighted by Gasteiger charge is -2.19. The molecular formula is C17H14ClN3O4S. The van der Waals surface area contributed by atoms with Crippen LogP contribution in [-0.2, 0) is 19.6 Å². The fourth-order valence-electron chi connectivity index (χ4n) is 2.51. The maximum absolute atomic E-state index is 12.3. The predicted molar refractivity (Wildman–Crippen MR) is 97.7 cm³/mol. The highest BCUT2D eigenvalue weighted by Crippen LogP contribution is 2.26. The molecule has 2 N–H and O–H groups in total. The highest BCUT2D eigenvalue weighted by Gasteiger charge is 2.28. The van der Waals surface area contributed by atoms with Crippen LogP contribution in [0.15, 0.2) is 63.9 Å². The SMILES string of the molecule is O=C(NCC(C(=O)Cl)c1ccccc1)C1=NS(=O)(=O)c2ccccc2N1. The Morgan fingerprint density at radius 3 is 2.42 bits per heavy atom. The molecule has 3 rings (SSSR count). The number of nitrogens with zero attached hydrogens (tertiary/aromatic N) is 1. The van der Waals surface area contributed by atoms with Crippen LogP contribution in [0, 0.1) is 0 Å². The molecule has 1 heterocycles. The van der Waals surface area contributed by atoms with Gasteiger partial charge in [-0.1, -0.05) is 42.5 Å². The molecule has 1 unspecified atom stereocenters. The van der Waals surface area contributed by atoms with Gasteiger partial charge in [-0.25, -0.2) is 0 Å². The zero-order valence-corrected chi connectivity index (χ0v) is 14.9. The van der Waals surface area contributed by atoms with Gasteiger partial charge < -0.3 is 10.6 Å². The number of amidine groups is 1. The summed E-state index contributed by atoms with van der Waals surface area (Å²) in [5, 5.41) is 4.55. The Bertz CT molecular complexity index is 990. The first-order chi connectivity index (χ1) is 12.4. The number of amides is 1. The number of hydrogen-bond acceptors (Lipinski definition) is 5. The molecule has 2 aromatic rings. The first-order valence-electron chi connectivity index (χ1n) is 7.62. The number of hydrogen-bond donors (Lipinski definition) is 2. The molecule has 0 aliphatic carbocycles. The van der Waals surface area contributed by atoms with E-state index < -0.39 is 27.1 Å². The number of carbonyl (C=O) groups is 2. The van der Waals surface area contributed by atoms with Gasteiger partial charge in [-0.2, -0.15) is 8.42 Å². The van der Waals surface area contributed by atoms with Crippen LogP contribution >= 0.6 is 11.6 Å². The van der Waals surface area contributed by atoms with Gasteiger partial charge in [0.05, 0.1) is 11.6 Å². The standard InChI is InChI=1S/C17H14ClN3O4S/c18-15(22)12(11-6-2-1-3-7-11)10-19-17(23)16-20-13-8-4-5-9-14(13)26(24,25)21-16/h1-9,12H,10H2,(H,19,23)(H,20,21). The van der Waals surface area contributed by atoms with E-state index in [0.717, 1.165) is 0 Å². The number of rotatable bonds is 5. The Hall–Kier alpha value is -2.71.